The van der Waals surface area contributed by atoms with Crippen molar-refractivity contribution in [3.05, 3.63) is 48.6 Å². The molecule has 0 heterocycles. The Kier molecular flexibility index (Phi) is 5.90. The van der Waals surface area contributed by atoms with Gasteiger partial charge in [-0.2, -0.15) is 0 Å². The summed E-state index contributed by atoms with van der Waals surface area (Å²) in [7, 11) is 0. The van der Waals surface area contributed by atoms with E-state index in [-0.39, 0.29) is 12.2 Å². The molecule has 22 heavy (non-hydrogen) atoms. The number of phenolic OH excluding ortho intramolecular Hbond substituents is 1. The molecular weight excluding hydrogens is 510 g/mol. The second-order valence-corrected chi connectivity index (χ2v) is 7.03. The van der Waals surface area contributed by atoms with Crippen LogP contribution in [0.15, 0.2) is 30.3 Å². The number of carboxylic acid groups (broad SMARTS) is 1. The second kappa shape index (κ2) is 7.49. The lowest BCUT2D eigenvalue weighted by Crippen LogP contribution is -2.02. The lowest BCUT2D eigenvalue weighted by atomic mass is 10.1. The van der Waals surface area contributed by atoms with Gasteiger partial charge in [0.2, 0.25) is 0 Å². The SMILES string of the molecule is CCc1cc(Oc2c(I)cc(CC(=O)O)cc2I)ccc1O. The van der Waals surface area contributed by atoms with Crippen molar-refractivity contribution >= 4 is 51.2 Å². The number of benzene rings is 2. The number of aromatic hydroxyl groups is 1. The van der Waals surface area contributed by atoms with Crippen molar-refractivity contribution in [2.24, 2.45) is 0 Å². The molecule has 0 unspecified atom stereocenters. The molecule has 0 aliphatic heterocycles. The van der Waals surface area contributed by atoms with Gasteiger partial charge in [0.05, 0.1) is 13.6 Å². The zero-order valence-corrected chi connectivity index (χ0v) is 16.1. The van der Waals surface area contributed by atoms with E-state index in [1.165, 1.54) is 0 Å². The number of hydrogen-bond donors (Lipinski definition) is 2. The molecule has 0 bridgehead atoms. The highest BCUT2D eigenvalue weighted by Crippen LogP contribution is 2.34. The number of aliphatic carboxylic acids is 1. The van der Waals surface area contributed by atoms with Crippen LogP contribution in [0.5, 0.6) is 17.2 Å². The van der Waals surface area contributed by atoms with Gasteiger partial charge in [-0.25, -0.2) is 0 Å². The maximum absolute atomic E-state index is 10.8. The zero-order valence-electron chi connectivity index (χ0n) is 11.8. The molecule has 0 radical (unpaired) electrons. The van der Waals surface area contributed by atoms with Gasteiger partial charge in [-0.3, -0.25) is 4.79 Å². The maximum Gasteiger partial charge on any atom is 0.307 e. The average Bonchev–Trinajstić information content (AvgIpc) is 2.43. The Morgan fingerprint density at radius 2 is 1.82 bits per heavy atom. The largest absolute Gasteiger partial charge is 0.508 e. The fraction of sp³-hybridized carbons (Fsp3) is 0.188. The molecule has 0 aliphatic rings. The summed E-state index contributed by atoms with van der Waals surface area (Å²) in [5.74, 6) is 0.752. The number of phenols is 1. The summed E-state index contributed by atoms with van der Waals surface area (Å²) < 4.78 is 7.63. The van der Waals surface area contributed by atoms with E-state index in [1.54, 1.807) is 12.1 Å². The topological polar surface area (TPSA) is 66.8 Å². The highest BCUT2D eigenvalue weighted by molar-refractivity contribution is 14.1. The Morgan fingerprint density at radius 3 is 2.36 bits per heavy atom. The van der Waals surface area contributed by atoms with Crippen molar-refractivity contribution < 1.29 is 19.7 Å². The first kappa shape index (κ1) is 17.3. The molecule has 0 saturated carbocycles. The first-order valence-electron chi connectivity index (χ1n) is 6.60. The first-order chi connectivity index (χ1) is 10.4. The molecule has 0 aromatic heterocycles. The van der Waals surface area contributed by atoms with Crippen LogP contribution in [0.3, 0.4) is 0 Å². The third-order valence-electron chi connectivity index (χ3n) is 3.07. The van der Waals surface area contributed by atoms with E-state index in [0.29, 0.717) is 11.5 Å². The quantitative estimate of drug-likeness (QED) is 0.563. The maximum atomic E-state index is 10.8. The second-order valence-electron chi connectivity index (χ2n) is 4.71. The summed E-state index contributed by atoms with van der Waals surface area (Å²) in [6, 6.07) is 8.77. The third-order valence-corrected chi connectivity index (χ3v) is 4.67. The molecular formula is C16H14I2O4. The van der Waals surface area contributed by atoms with Crippen molar-refractivity contribution in [1.82, 2.24) is 0 Å². The predicted octanol–water partition coefficient (Wildman–Crippen LogP) is 4.58. The highest BCUT2D eigenvalue weighted by atomic mass is 127. The first-order valence-corrected chi connectivity index (χ1v) is 8.76. The lowest BCUT2D eigenvalue weighted by Gasteiger charge is -2.13. The van der Waals surface area contributed by atoms with E-state index in [9.17, 15) is 9.90 Å². The van der Waals surface area contributed by atoms with Crippen LogP contribution in [-0.4, -0.2) is 16.2 Å². The van der Waals surface area contributed by atoms with Crippen molar-refractivity contribution in [2.45, 2.75) is 19.8 Å². The molecule has 0 spiro atoms. The van der Waals surface area contributed by atoms with Gasteiger partial charge in [-0.15, -0.1) is 0 Å². The summed E-state index contributed by atoms with van der Waals surface area (Å²) in [5, 5.41) is 18.6. The van der Waals surface area contributed by atoms with Gasteiger partial charge in [0.1, 0.15) is 11.5 Å². The van der Waals surface area contributed by atoms with E-state index < -0.39 is 5.97 Å². The number of aryl methyl sites for hydroxylation is 1. The molecule has 0 amide bonds. The number of halogens is 2. The van der Waals surface area contributed by atoms with Crippen LogP contribution in [-0.2, 0) is 17.6 Å². The Morgan fingerprint density at radius 1 is 1.18 bits per heavy atom. The summed E-state index contributed by atoms with van der Waals surface area (Å²) in [4.78, 5) is 10.8. The molecule has 0 fully saturated rings. The van der Waals surface area contributed by atoms with Crippen LogP contribution < -0.4 is 4.74 Å². The van der Waals surface area contributed by atoms with E-state index >= 15 is 0 Å². The molecule has 2 aromatic rings. The molecule has 0 aliphatic carbocycles. The number of rotatable bonds is 5. The van der Waals surface area contributed by atoms with Gasteiger partial charge in [0, 0.05) is 0 Å². The predicted molar refractivity (Wildman–Crippen MR) is 101 cm³/mol. The molecule has 116 valence electrons. The number of carboxylic acids is 1. The Labute approximate surface area is 155 Å². The van der Waals surface area contributed by atoms with Crippen molar-refractivity contribution in [1.29, 1.82) is 0 Å². The standard InChI is InChI=1S/C16H14I2O4/c1-2-10-8-11(3-4-14(10)19)22-16-12(17)5-9(6-13(16)18)7-15(20)21/h3-6,8,19H,2,7H2,1H3,(H,20,21). The van der Waals surface area contributed by atoms with Gasteiger partial charge in [-0.05, 0) is 93.1 Å². The minimum absolute atomic E-state index is 0.00846. The van der Waals surface area contributed by atoms with Gasteiger partial charge in [0.25, 0.3) is 0 Å². The van der Waals surface area contributed by atoms with Gasteiger partial charge >= 0.3 is 5.97 Å². The third kappa shape index (κ3) is 4.25. The van der Waals surface area contributed by atoms with Gasteiger partial charge < -0.3 is 14.9 Å². The van der Waals surface area contributed by atoms with Crippen molar-refractivity contribution in [3.8, 4) is 17.2 Å². The van der Waals surface area contributed by atoms with E-state index in [0.717, 1.165) is 24.7 Å². The Balaban J connectivity index is 2.31. The lowest BCUT2D eigenvalue weighted by molar-refractivity contribution is -0.136. The van der Waals surface area contributed by atoms with Crippen LogP contribution in [0.1, 0.15) is 18.1 Å². The van der Waals surface area contributed by atoms with Crippen LogP contribution in [0.25, 0.3) is 0 Å². The zero-order chi connectivity index (χ0) is 16.3. The molecule has 2 N–H and O–H groups in total. The minimum Gasteiger partial charge on any atom is -0.508 e. The van der Waals surface area contributed by atoms with Crippen LogP contribution in [0.4, 0.5) is 0 Å². The van der Waals surface area contributed by atoms with E-state index in [2.05, 4.69) is 45.2 Å². The summed E-state index contributed by atoms with van der Waals surface area (Å²) in [6.45, 7) is 1.97. The molecule has 0 saturated heterocycles. The molecule has 2 rings (SSSR count). The van der Waals surface area contributed by atoms with Crippen molar-refractivity contribution in [3.63, 3.8) is 0 Å². The number of carbonyl (C=O) groups is 1. The highest BCUT2D eigenvalue weighted by Gasteiger charge is 2.12. The van der Waals surface area contributed by atoms with E-state index in [1.807, 2.05) is 25.1 Å². The van der Waals surface area contributed by atoms with E-state index in [4.69, 9.17) is 9.84 Å². The van der Waals surface area contributed by atoms with Crippen LogP contribution in [0, 0.1) is 7.14 Å². The molecule has 4 nitrogen and oxygen atoms in total. The molecule has 2 aromatic carbocycles. The Bertz CT molecular complexity index is 690. The normalized spacial score (nSPS) is 10.5. The Hall–Kier alpha value is -1.03. The van der Waals surface area contributed by atoms with Crippen LogP contribution in [0.2, 0.25) is 0 Å². The summed E-state index contributed by atoms with van der Waals surface area (Å²) >= 11 is 4.28. The number of hydrogen-bond acceptors (Lipinski definition) is 3. The number of ether oxygens (including phenoxy) is 1. The van der Waals surface area contributed by atoms with Crippen molar-refractivity contribution in [2.75, 3.05) is 0 Å². The fourth-order valence-electron chi connectivity index (χ4n) is 2.01. The fourth-order valence-corrected chi connectivity index (χ4v) is 4.13. The van der Waals surface area contributed by atoms with Gasteiger partial charge in [-0.1, -0.05) is 6.92 Å². The average molecular weight is 524 g/mol. The molecule has 0 atom stereocenters. The van der Waals surface area contributed by atoms with Gasteiger partial charge in [0.15, 0.2) is 5.75 Å². The summed E-state index contributed by atoms with van der Waals surface area (Å²) in [5.41, 5.74) is 1.57. The smallest absolute Gasteiger partial charge is 0.307 e. The summed E-state index contributed by atoms with van der Waals surface area (Å²) in [6.07, 6.45) is 0.709. The van der Waals surface area contributed by atoms with Crippen LogP contribution >= 0.6 is 45.2 Å². The molecule has 6 heteroatoms. The monoisotopic (exact) mass is 524 g/mol. The minimum atomic E-state index is -0.855.